The molecule has 1 aliphatic rings. The molecule has 3 N–H and O–H groups in total. The highest BCUT2D eigenvalue weighted by Crippen LogP contribution is 2.24. The molecule has 0 radical (unpaired) electrons. The van der Waals surface area contributed by atoms with Gasteiger partial charge in [0, 0.05) is 13.0 Å². The summed E-state index contributed by atoms with van der Waals surface area (Å²) >= 11 is 0. The fourth-order valence-corrected chi connectivity index (χ4v) is 2.34. The van der Waals surface area contributed by atoms with Crippen LogP contribution in [-0.2, 0) is 11.3 Å². The van der Waals surface area contributed by atoms with Crippen molar-refractivity contribution in [1.29, 1.82) is 0 Å². The molecule has 0 amide bonds. The highest BCUT2D eigenvalue weighted by molar-refractivity contribution is 5.14. The Morgan fingerprint density at radius 1 is 1.32 bits per heavy atom. The van der Waals surface area contributed by atoms with Gasteiger partial charge in [-0.1, -0.05) is 30.3 Å². The van der Waals surface area contributed by atoms with Crippen molar-refractivity contribution >= 4 is 0 Å². The Hall–Kier alpha value is -0.980. The number of aliphatic hydroxyl groups excluding tert-OH is 2. The normalized spacial score (nSPS) is 31.6. The number of hydrogen-bond acceptors (Lipinski definition) is 5. The minimum atomic E-state index is -1.61. The van der Waals surface area contributed by atoms with Gasteiger partial charge in [-0.25, -0.2) is 0 Å². The molecule has 2 rings (SSSR count). The van der Waals surface area contributed by atoms with E-state index in [4.69, 9.17) is 4.74 Å². The zero-order valence-electron chi connectivity index (χ0n) is 11.1. The van der Waals surface area contributed by atoms with Crippen LogP contribution < -0.4 is 0 Å². The smallest absolute Gasteiger partial charge is 0.205 e. The van der Waals surface area contributed by atoms with Crippen molar-refractivity contribution in [3.05, 3.63) is 35.9 Å². The summed E-state index contributed by atoms with van der Waals surface area (Å²) < 4.78 is 5.21. The minimum absolute atomic E-state index is 0.0484. The first-order valence-corrected chi connectivity index (χ1v) is 6.44. The van der Waals surface area contributed by atoms with E-state index in [0.717, 1.165) is 5.56 Å². The SMILES string of the molecule is CN(Cc1ccccc1)C[C@@]1(O)OC[C@@H](O)C[C@@H]1O. The van der Waals surface area contributed by atoms with Crippen molar-refractivity contribution in [2.24, 2.45) is 0 Å². The summed E-state index contributed by atoms with van der Waals surface area (Å²) in [6.07, 6.45) is -1.65. The first kappa shape index (κ1) is 14.4. The van der Waals surface area contributed by atoms with E-state index < -0.39 is 18.0 Å². The van der Waals surface area contributed by atoms with Gasteiger partial charge >= 0.3 is 0 Å². The molecule has 1 heterocycles. The van der Waals surface area contributed by atoms with E-state index in [2.05, 4.69) is 0 Å². The van der Waals surface area contributed by atoms with E-state index in [1.807, 2.05) is 42.3 Å². The summed E-state index contributed by atoms with van der Waals surface area (Å²) in [6.45, 7) is 0.893. The lowest BCUT2D eigenvalue weighted by Crippen LogP contribution is -2.57. The Morgan fingerprint density at radius 3 is 2.63 bits per heavy atom. The van der Waals surface area contributed by atoms with Crippen LogP contribution in [0.15, 0.2) is 30.3 Å². The number of nitrogens with zero attached hydrogens (tertiary/aromatic N) is 1. The number of likely N-dealkylation sites (N-methyl/N-ethyl adjacent to an activating group) is 1. The Labute approximate surface area is 113 Å². The maximum absolute atomic E-state index is 10.3. The summed E-state index contributed by atoms with van der Waals surface area (Å²) in [6, 6.07) is 9.87. The van der Waals surface area contributed by atoms with Crippen LogP contribution in [0.3, 0.4) is 0 Å². The van der Waals surface area contributed by atoms with Crippen LogP contribution in [-0.4, -0.2) is 58.4 Å². The molecule has 1 saturated heterocycles. The van der Waals surface area contributed by atoms with Gasteiger partial charge in [-0.3, -0.25) is 4.90 Å². The maximum atomic E-state index is 10.3. The summed E-state index contributed by atoms with van der Waals surface area (Å²) in [5.74, 6) is -1.61. The second kappa shape index (κ2) is 5.98. The first-order valence-electron chi connectivity index (χ1n) is 6.44. The number of hydrogen-bond donors (Lipinski definition) is 3. The molecule has 0 aliphatic carbocycles. The third-order valence-corrected chi connectivity index (χ3v) is 3.33. The van der Waals surface area contributed by atoms with Gasteiger partial charge in [-0.15, -0.1) is 0 Å². The minimum Gasteiger partial charge on any atom is -0.391 e. The molecule has 0 spiro atoms. The van der Waals surface area contributed by atoms with Gasteiger partial charge in [0.15, 0.2) is 0 Å². The lowest BCUT2D eigenvalue weighted by Gasteiger charge is -2.40. The Bertz CT molecular complexity index is 400. The molecule has 106 valence electrons. The molecule has 1 aromatic rings. The van der Waals surface area contributed by atoms with Gasteiger partial charge in [-0.05, 0) is 12.6 Å². The van der Waals surface area contributed by atoms with E-state index >= 15 is 0 Å². The van der Waals surface area contributed by atoms with Gasteiger partial charge in [-0.2, -0.15) is 0 Å². The molecule has 1 aromatic carbocycles. The molecule has 1 fully saturated rings. The van der Waals surface area contributed by atoms with Crippen molar-refractivity contribution in [2.75, 3.05) is 20.2 Å². The number of rotatable bonds is 4. The molecule has 0 bridgehead atoms. The zero-order valence-corrected chi connectivity index (χ0v) is 11.1. The van der Waals surface area contributed by atoms with Crippen LogP contribution in [0.4, 0.5) is 0 Å². The van der Waals surface area contributed by atoms with Crippen molar-refractivity contribution in [3.8, 4) is 0 Å². The summed E-state index contributed by atoms with van der Waals surface area (Å²) in [5, 5.41) is 29.5. The van der Waals surface area contributed by atoms with E-state index in [1.165, 1.54) is 0 Å². The second-order valence-corrected chi connectivity index (χ2v) is 5.22. The molecule has 19 heavy (non-hydrogen) atoms. The third-order valence-electron chi connectivity index (χ3n) is 3.33. The maximum Gasteiger partial charge on any atom is 0.205 e. The van der Waals surface area contributed by atoms with Crippen LogP contribution in [0.2, 0.25) is 0 Å². The van der Waals surface area contributed by atoms with Gasteiger partial charge in [0.25, 0.3) is 0 Å². The molecule has 5 heteroatoms. The predicted molar refractivity (Wildman–Crippen MR) is 70.3 cm³/mol. The number of benzene rings is 1. The summed E-state index contributed by atoms with van der Waals surface area (Å²) in [5.41, 5.74) is 1.12. The van der Waals surface area contributed by atoms with Gasteiger partial charge in [0.1, 0.15) is 6.10 Å². The molecule has 5 nitrogen and oxygen atoms in total. The Balaban J connectivity index is 1.92. The van der Waals surface area contributed by atoms with Crippen LogP contribution in [0.1, 0.15) is 12.0 Å². The third kappa shape index (κ3) is 3.75. The van der Waals surface area contributed by atoms with E-state index in [9.17, 15) is 15.3 Å². The van der Waals surface area contributed by atoms with Crippen LogP contribution in [0.25, 0.3) is 0 Å². The zero-order chi connectivity index (χ0) is 13.9. The molecule has 3 atom stereocenters. The van der Waals surface area contributed by atoms with Gasteiger partial charge in [0.05, 0.1) is 19.3 Å². The largest absolute Gasteiger partial charge is 0.391 e. The lowest BCUT2D eigenvalue weighted by molar-refractivity contribution is -0.298. The summed E-state index contributed by atoms with van der Waals surface area (Å²) in [4.78, 5) is 1.89. The van der Waals surface area contributed by atoms with Crippen molar-refractivity contribution < 1.29 is 20.1 Å². The Morgan fingerprint density at radius 2 is 2.00 bits per heavy atom. The highest BCUT2D eigenvalue weighted by atomic mass is 16.6. The van der Waals surface area contributed by atoms with Crippen LogP contribution >= 0.6 is 0 Å². The van der Waals surface area contributed by atoms with Gasteiger partial charge < -0.3 is 20.1 Å². The van der Waals surface area contributed by atoms with Crippen LogP contribution in [0, 0.1) is 0 Å². The lowest BCUT2D eigenvalue weighted by atomic mass is 9.99. The van der Waals surface area contributed by atoms with E-state index in [0.29, 0.717) is 6.54 Å². The molecule has 0 aromatic heterocycles. The Kier molecular flexibility index (Phi) is 4.54. The van der Waals surface area contributed by atoms with Crippen molar-refractivity contribution in [3.63, 3.8) is 0 Å². The predicted octanol–water partition coefficient (Wildman–Crippen LogP) is -0.0509. The molecule has 0 saturated carbocycles. The molecule has 1 aliphatic heterocycles. The van der Waals surface area contributed by atoms with E-state index in [1.54, 1.807) is 0 Å². The average Bonchev–Trinajstić information content (AvgIpc) is 2.36. The topological polar surface area (TPSA) is 73.2 Å². The highest BCUT2D eigenvalue weighted by Gasteiger charge is 2.43. The average molecular weight is 267 g/mol. The number of ether oxygens (including phenoxy) is 1. The quantitative estimate of drug-likeness (QED) is 0.713. The molecular formula is C14H21NO4. The van der Waals surface area contributed by atoms with Crippen molar-refractivity contribution in [1.82, 2.24) is 4.90 Å². The number of aliphatic hydroxyl groups is 3. The second-order valence-electron chi connectivity index (χ2n) is 5.22. The fourth-order valence-electron chi connectivity index (χ4n) is 2.34. The van der Waals surface area contributed by atoms with Crippen LogP contribution in [0.5, 0.6) is 0 Å². The monoisotopic (exact) mass is 267 g/mol. The molecule has 0 unspecified atom stereocenters. The fraction of sp³-hybridized carbons (Fsp3) is 0.571. The standard InChI is InChI=1S/C14H21NO4/c1-15(8-11-5-3-2-4-6-11)10-14(18)13(17)7-12(16)9-19-14/h2-6,12-13,16-18H,7-10H2,1H3/t12-,13-,14+/m0/s1. The molecular weight excluding hydrogens is 246 g/mol. The first-order chi connectivity index (χ1) is 8.99. The van der Waals surface area contributed by atoms with E-state index in [-0.39, 0.29) is 19.6 Å². The summed E-state index contributed by atoms with van der Waals surface area (Å²) in [7, 11) is 1.85. The van der Waals surface area contributed by atoms with Crippen molar-refractivity contribution in [2.45, 2.75) is 31.0 Å². The van der Waals surface area contributed by atoms with Gasteiger partial charge in [0.2, 0.25) is 5.79 Å².